The zero-order chi connectivity index (χ0) is 27.6. The van der Waals surface area contributed by atoms with Crippen molar-refractivity contribution in [3.63, 3.8) is 0 Å². The van der Waals surface area contributed by atoms with E-state index in [0.29, 0.717) is 19.5 Å². The van der Waals surface area contributed by atoms with Gasteiger partial charge in [0, 0.05) is 75.5 Å². The van der Waals surface area contributed by atoms with Gasteiger partial charge < -0.3 is 14.6 Å². The van der Waals surface area contributed by atoms with Gasteiger partial charge in [-0.25, -0.2) is 4.98 Å². The maximum Gasteiger partial charge on any atom is 0.221 e. The highest BCUT2D eigenvalue weighted by Gasteiger charge is 2.25. The molecule has 0 radical (unpaired) electrons. The number of carbonyl (C=O) groups is 1. The Hall–Kier alpha value is -4.01. The lowest BCUT2D eigenvalue weighted by atomic mass is 10.00. The van der Waals surface area contributed by atoms with Crippen LogP contribution in [0.5, 0.6) is 5.75 Å². The molecule has 1 aliphatic rings. The number of nitrogens with one attached hydrogen (secondary N) is 1. The molecule has 1 saturated heterocycles. The monoisotopic (exact) mass is 538 g/mol. The molecule has 208 valence electrons. The normalized spacial score (nSPS) is 17.6. The fourth-order valence-corrected chi connectivity index (χ4v) is 5.46. The quantitative estimate of drug-likeness (QED) is 0.361. The van der Waals surface area contributed by atoms with Crippen LogP contribution < -0.4 is 10.1 Å². The smallest absolute Gasteiger partial charge is 0.221 e. The summed E-state index contributed by atoms with van der Waals surface area (Å²) in [7, 11) is 1.71. The van der Waals surface area contributed by atoms with Gasteiger partial charge in [-0.05, 0) is 53.9 Å². The molecule has 1 atom stereocenters. The van der Waals surface area contributed by atoms with Crippen LogP contribution in [-0.2, 0) is 24.4 Å². The van der Waals surface area contributed by atoms with Gasteiger partial charge in [0.1, 0.15) is 5.75 Å². The summed E-state index contributed by atoms with van der Waals surface area (Å²) in [6.07, 6.45) is 10.7. The Morgan fingerprint density at radius 2 is 1.75 bits per heavy atom. The van der Waals surface area contributed by atoms with Crippen molar-refractivity contribution in [2.45, 2.75) is 38.5 Å². The number of methoxy groups -OCH3 is 1. The van der Waals surface area contributed by atoms with E-state index in [-0.39, 0.29) is 11.9 Å². The third-order valence-corrected chi connectivity index (χ3v) is 7.47. The van der Waals surface area contributed by atoms with Crippen LogP contribution in [0.1, 0.15) is 41.1 Å². The number of carbonyl (C=O) groups excluding carboxylic acids is 1. The maximum atomic E-state index is 13.1. The minimum absolute atomic E-state index is 0.00763. The number of ether oxygens (including phenoxy) is 1. The number of amides is 1. The maximum absolute atomic E-state index is 13.1. The molecule has 0 aliphatic carbocycles. The fraction of sp³-hybridized carbons (Fsp3) is 0.344. The Balaban J connectivity index is 1.33. The van der Waals surface area contributed by atoms with Crippen LogP contribution in [-0.4, -0.2) is 63.5 Å². The van der Waals surface area contributed by atoms with Crippen LogP contribution >= 0.6 is 0 Å². The summed E-state index contributed by atoms with van der Waals surface area (Å²) in [5.74, 6) is 0.961. The third kappa shape index (κ3) is 7.55. The molecule has 1 N–H and O–H groups in total. The van der Waals surface area contributed by atoms with Crippen molar-refractivity contribution in [3.05, 3.63) is 114 Å². The lowest BCUT2D eigenvalue weighted by Gasteiger charge is -2.32. The van der Waals surface area contributed by atoms with Gasteiger partial charge in [-0.1, -0.05) is 36.4 Å². The number of hydrogen-bond acceptors (Lipinski definition) is 6. The average molecular weight is 539 g/mol. The highest BCUT2D eigenvalue weighted by atomic mass is 16.5. The standard InChI is InChI=1S/C32H38N6O2/c1-40-31-9-8-27(20-29(31)24-37-18-14-34-25-37)22-36-16-5-17-38(23-26-10-12-33-13-11-26)30(21-32(39)35-15-19-36)28-6-3-2-4-7-28/h2-4,6-14,18,20,25,30H,5,15-17,19,21-24H2,1H3,(H,35,39). The van der Waals surface area contributed by atoms with Crippen molar-refractivity contribution in [1.82, 2.24) is 29.7 Å². The molecule has 1 unspecified atom stereocenters. The van der Waals surface area contributed by atoms with E-state index in [2.05, 4.69) is 79.7 Å². The summed E-state index contributed by atoms with van der Waals surface area (Å²) in [5, 5.41) is 3.19. The summed E-state index contributed by atoms with van der Waals surface area (Å²) >= 11 is 0. The Labute approximate surface area is 236 Å². The number of aromatic nitrogens is 3. The zero-order valence-corrected chi connectivity index (χ0v) is 23.2. The molecule has 2 aromatic carbocycles. The van der Waals surface area contributed by atoms with E-state index in [1.54, 1.807) is 13.3 Å². The van der Waals surface area contributed by atoms with Crippen LogP contribution in [0.25, 0.3) is 0 Å². The van der Waals surface area contributed by atoms with Gasteiger partial charge in [-0.15, -0.1) is 0 Å². The minimum atomic E-state index is 0.00763. The Bertz CT molecular complexity index is 1330. The largest absolute Gasteiger partial charge is 0.496 e. The van der Waals surface area contributed by atoms with Gasteiger partial charge >= 0.3 is 0 Å². The summed E-state index contributed by atoms with van der Waals surface area (Å²) in [5.41, 5.74) is 4.73. The lowest BCUT2D eigenvalue weighted by molar-refractivity contribution is -0.122. The minimum Gasteiger partial charge on any atom is -0.496 e. The van der Waals surface area contributed by atoms with E-state index in [0.717, 1.165) is 50.5 Å². The highest BCUT2D eigenvalue weighted by Crippen LogP contribution is 2.27. The number of nitrogens with zero attached hydrogens (tertiary/aromatic N) is 5. The zero-order valence-electron chi connectivity index (χ0n) is 23.2. The van der Waals surface area contributed by atoms with Crippen LogP contribution in [0.15, 0.2) is 91.8 Å². The average Bonchev–Trinajstić information content (AvgIpc) is 3.48. The first-order valence-electron chi connectivity index (χ1n) is 14.0. The molecule has 0 saturated carbocycles. The summed E-state index contributed by atoms with van der Waals surface area (Å²) in [4.78, 5) is 26.4. The van der Waals surface area contributed by atoms with Crippen LogP contribution in [0.3, 0.4) is 0 Å². The Morgan fingerprint density at radius 3 is 2.52 bits per heavy atom. The van der Waals surface area contributed by atoms with Crippen molar-refractivity contribution < 1.29 is 9.53 Å². The van der Waals surface area contributed by atoms with E-state index >= 15 is 0 Å². The number of rotatable bonds is 8. The molecule has 8 heteroatoms. The molecular formula is C32H38N6O2. The van der Waals surface area contributed by atoms with Crippen molar-refractivity contribution in [2.24, 2.45) is 0 Å². The second-order valence-electron chi connectivity index (χ2n) is 10.3. The molecule has 40 heavy (non-hydrogen) atoms. The summed E-state index contributed by atoms with van der Waals surface area (Å²) in [6, 6.07) is 21.0. The number of imidazole rings is 1. The van der Waals surface area contributed by atoms with Gasteiger partial charge in [0.25, 0.3) is 0 Å². The second kappa shape index (κ2) is 13.9. The predicted molar refractivity (Wildman–Crippen MR) is 156 cm³/mol. The van der Waals surface area contributed by atoms with E-state index in [1.807, 2.05) is 35.6 Å². The SMILES string of the molecule is COc1ccc(CN2CCCN(Cc3ccncc3)C(c3ccccc3)CC(=O)NCC2)cc1Cn1ccnc1. The molecule has 5 rings (SSSR count). The molecular weight excluding hydrogens is 500 g/mol. The first kappa shape index (κ1) is 27.6. The molecule has 0 spiro atoms. The van der Waals surface area contributed by atoms with Crippen LogP contribution in [0.2, 0.25) is 0 Å². The second-order valence-corrected chi connectivity index (χ2v) is 10.3. The van der Waals surface area contributed by atoms with E-state index < -0.39 is 0 Å². The fourth-order valence-electron chi connectivity index (χ4n) is 5.46. The molecule has 1 aliphatic heterocycles. The van der Waals surface area contributed by atoms with E-state index in [1.165, 1.54) is 16.7 Å². The van der Waals surface area contributed by atoms with Crippen LogP contribution in [0.4, 0.5) is 0 Å². The van der Waals surface area contributed by atoms with Crippen molar-refractivity contribution >= 4 is 5.91 Å². The molecule has 4 aromatic rings. The van der Waals surface area contributed by atoms with E-state index in [4.69, 9.17) is 4.74 Å². The number of benzene rings is 2. The van der Waals surface area contributed by atoms with Gasteiger partial charge in [0.15, 0.2) is 0 Å². The van der Waals surface area contributed by atoms with Crippen molar-refractivity contribution in [3.8, 4) is 5.75 Å². The summed E-state index contributed by atoms with van der Waals surface area (Å²) < 4.78 is 7.68. The molecule has 1 amide bonds. The van der Waals surface area contributed by atoms with Gasteiger partial charge in [0.2, 0.25) is 5.91 Å². The summed E-state index contributed by atoms with van der Waals surface area (Å²) in [6.45, 7) is 5.54. The Kier molecular flexibility index (Phi) is 9.55. The molecule has 8 nitrogen and oxygen atoms in total. The number of hydrogen-bond donors (Lipinski definition) is 1. The first-order valence-corrected chi connectivity index (χ1v) is 14.0. The molecule has 2 aromatic heterocycles. The van der Waals surface area contributed by atoms with Gasteiger partial charge in [0.05, 0.1) is 20.0 Å². The van der Waals surface area contributed by atoms with Gasteiger partial charge in [-0.3, -0.25) is 19.6 Å². The molecule has 1 fully saturated rings. The Morgan fingerprint density at radius 1 is 0.900 bits per heavy atom. The third-order valence-electron chi connectivity index (χ3n) is 7.47. The van der Waals surface area contributed by atoms with Crippen molar-refractivity contribution in [1.29, 1.82) is 0 Å². The predicted octanol–water partition coefficient (Wildman–Crippen LogP) is 4.29. The lowest BCUT2D eigenvalue weighted by Crippen LogP contribution is -2.35. The topological polar surface area (TPSA) is 75.5 Å². The number of pyridine rings is 1. The van der Waals surface area contributed by atoms with Crippen LogP contribution in [0, 0.1) is 0 Å². The first-order chi connectivity index (χ1) is 19.7. The molecule has 0 bridgehead atoms. The van der Waals surface area contributed by atoms with E-state index in [9.17, 15) is 4.79 Å². The van der Waals surface area contributed by atoms with Gasteiger partial charge in [-0.2, -0.15) is 0 Å². The van der Waals surface area contributed by atoms with Crippen molar-refractivity contribution in [2.75, 3.05) is 33.3 Å². The highest BCUT2D eigenvalue weighted by molar-refractivity contribution is 5.76. The molecule has 3 heterocycles.